The summed E-state index contributed by atoms with van der Waals surface area (Å²) in [5.74, 6) is 2.08. The van der Waals surface area contributed by atoms with Gasteiger partial charge in [-0.05, 0) is 67.4 Å². The van der Waals surface area contributed by atoms with E-state index >= 15 is 0 Å². The van der Waals surface area contributed by atoms with Gasteiger partial charge < -0.3 is 18.8 Å². The molecule has 0 atom stereocenters. The Kier molecular flexibility index (Phi) is 7.63. The predicted octanol–water partition coefficient (Wildman–Crippen LogP) is 5.94. The second-order valence-electron chi connectivity index (χ2n) is 9.51. The number of hydrogen-bond donors (Lipinski definition) is 0. The molecule has 0 aliphatic carbocycles. The van der Waals surface area contributed by atoms with Crippen molar-refractivity contribution in [3.8, 4) is 22.8 Å². The fourth-order valence-corrected chi connectivity index (χ4v) is 4.73. The number of benzene rings is 2. The number of methoxy groups -OCH3 is 2. The van der Waals surface area contributed by atoms with Crippen molar-refractivity contribution >= 4 is 16.8 Å². The first-order valence-corrected chi connectivity index (χ1v) is 12.9. The lowest BCUT2D eigenvalue weighted by atomic mass is 10.00. The van der Waals surface area contributed by atoms with Crippen molar-refractivity contribution in [2.75, 3.05) is 14.2 Å². The van der Waals surface area contributed by atoms with E-state index in [0.29, 0.717) is 43.3 Å². The molecule has 8 nitrogen and oxygen atoms in total. The second-order valence-corrected chi connectivity index (χ2v) is 9.51. The molecule has 0 spiro atoms. The third-order valence-corrected chi connectivity index (χ3v) is 6.76. The van der Waals surface area contributed by atoms with Gasteiger partial charge in [-0.1, -0.05) is 18.2 Å². The number of carbonyl (C=O) groups excluding carboxylic acids is 1. The molecule has 0 saturated carbocycles. The molecular formula is C31H32N4O4. The zero-order valence-electron chi connectivity index (χ0n) is 22.7. The van der Waals surface area contributed by atoms with E-state index in [0.717, 1.165) is 39.0 Å². The number of fused-ring (bicyclic) bond motifs is 1. The Morgan fingerprint density at radius 3 is 2.59 bits per heavy atom. The number of hydrogen-bond acceptors (Lipinski definition) is 6. The van der Waals surface area contributed by atoms with Gasteiger partial charge in [0.1, 0.15) is 17.3 Å². The molecule has 5 aromatic rings. The van der Waals surface area contributed by atoms with E-state index in [4.69, 9.17) is 18.9 Å². The van der Waals surface area contributed by atoms with Gasteiger partial charge >= 0.3 is 0 Å². The average Bonchev–Trinajstić information content (AvgIpc) is 3.62. The van der Waals surface area contributed by atoms with Crippen LogP contribution in [0.2, 0.25) is 0 Å². The molecule has 8 heteroatoms. The summed E-state index contributed by atoms with van der Waals surface area (Å²) in [5.41, 5.74) is 5.33. The summed E-state index contributed by atoms with van der Waals surface area (Å²) in [6.07, 6.45) is 3.82. The van der Waals surface area contributed by atoms with Crippen molar-refractivity contribution in [3.05, 3.63) is 95.7 Å². The van der Waals surface area contributed by atoms with E-state index in [-0.39, 0.29) is 5.91 Å². The smallest absolute Gasteiger partial charge is 0.225 e. The summed E-state index contributed by atoms with van der Waals surface area (Å²) in [6, 6.07) is 19.5. The minimum absolute atomic E-state index is 0.00699. The second kappa shape index (κ2) is 11.4. The van der Waals surface area contributed by atoms with Gasteiger partial charge in [-0.3, -0.25) is 9.48 Å². The summed E-state index contributed by atoms with van der Waals surface area (Å²) in [5, 5.41) is 5.43. The molecule has 0 fully saturated rings. The van der Waals surface area contributed by atoms with Crippen molar-refractivity contribution in [3.63, 3.8) is 0 Å². The molecule has 5 rings (SSSR count). The minimum Gasteiger partial charge on any atom is -0.497 e. The number of aromatic nitrogens is 3. The third-order valence-electron chi connectivity index (χ3n) is 6.76. The number of ether oxygens (including phenoxy) is 2. The summed E-state index contributed by atoms with van der Waals surface area (Å²) in [7, 11) is 3.27. The summed E-state index contributed by atoms with van der Waals surface area (Å²) in [6.45, 7) is 5.15. The van der Waals surface area contributed by atoms with Crippen LogP contribution in [0, 0.1) is 13.8 Å². The van der Waals surface area contributed by atoms with E-state index in [1.54, 1.807) is 25.2 Å². The van der Waals surface area contributed by atoms with Crippen LogP contribution in [0.5, 0.6) is 11.5 Å². The lowest BCUT2D eigenvalue weighted by molar-refractivity contribution is -0.133. The number of rotatable bonds is 10. The molecular weight excluding hydrogens is 492 g/mol. The van der Waals surface area contributed by atoms with E-state index in [1.165, 1.54) is 0 Å². The number of aryl methyl sites for hydroxylation is 3. The van der Waals surface area contributed by atoms with Gasteiger partial charge in [-0.15, -0.1) is 0 Å². The molecule has 3 aromatic heterocycles. The van der Waals surface area contributed by atoms with Crippen molar-refractivity contribution < 1.29 is 18.7 Å². The van der Waals surface area contributed by atoms with Gasteiger partial charge in [0.2, 0.25) is 5.91 Å². The van der Waals surface area contributed by atoms with Crippen LogP contribution < -0.4 is 9.47 Å². The molecule has 200 valence electrons. The Labute approximate surface area is 227 Å². The number of pyridine rings is 1. The highest BCUT2D eigenvalue weighted by molar-refractivity contribution is 5.87. The highest BCUT2D eigenvalue weighted by atomic mass is 16.5. The molecule has 0 aliphatic heterocycles. The maximum absolute atomic E-state index is 13.6. The summed E-state index contributed by atoms with van der Waals surface area (Å²) >= 11 is 0. The molecule has 2 aromatic carbocycles. The van der Waals surface area contributed by atoms with Gasteiger partial charge in [0, 0.05) is 36.7 Å². The number of amides is 1. The highest BCUT2D eigenvalue weighted by Gasteiger charge is 2.22. The van der Waals surface area contributed by atoms with Crippen molar-refractivity contribution in [1.29, 1.82) is 0 Å². The zero-order chi connectivity index (χ0) is 27.4. The van der Waals surface area contributed by atoms with Crippen LogP contribution in [-0.4, -0.2) is 39.8 Å². The van der Waals surface area contributed by atoms with Crippen LogP contribution in [-0.2, 0) is 24.4 Å². The maximum Gasteiger partial charge on any atom is 0.225 e. The standard InChI is InChI=1S/C31H32N4O4/c1-21-7-5-8-23-17-24(31(32-30(21)23)27-18-25(37-3)10-11-28(27)38-4)19-34(20-26-9-6-16-39-26)29(36)13-15-35-14-12-22(2)33-35/h5-12,14,16-18H,13,15,19-20H2,1-4H3. The zero-order valence-corrected chi connectivity index (χ0v) is 22.7. The SMILES string of the molecule is COc1ccc(OC)c(-c2nc3c(C)cccc3cc2CN(Cc2ccco2)C(=O)CCn2ccc(C)n2)c1. The van der Waals surface area contributed by atoms with E-state index in [9.17, 15) is 4.79 Å². The first-order valence-electron chi connectivity index (χ1n) is 12.9. The largest absolute Gasteiger partial charge is 0.497 e. The molecule has 1 amide bonds. The van der Waals surface area contributed by atoms with E-state index < -0.39 is 0 Å². The maximum atomic E-state index is 13.6. The Morgan fingerprint density at radius 2 is 1.87 bits per heavy atom. The topological polar surface area (TPSA) is 82.6 Å². The van der Waals surface area contributed by atoms with Crippen LogP contribution in [0.25, 0.3) is 22.2 Å². The third kappa shape index (κ3) is 5.80. The first-order chi connectivity index (χ1) is 18.9. The predicted molar refractivity (Wildman–Crippen MR) is 150 cm³/mol. The van der Waals surface area contributed by atoms with Gasteiger partial charge in [0.25, 0.3) is 0 Å². The van der Waals surface area contributed by atoms with E-state index in [2.05, 4.69) is 11.2 Å². The normalized spacial score (nSPS) is 11.1. The van der Waals surface area contributed by atoms with E-state index in [1.807, 2.05) is 79.5 Å². The fourth-order valence-electron chi connectivity index (χ4n) is 4.73. The lowest BCUT2D eigenvalue weighted by Gasteiger charge is -2.24. The Balaban J connectivity index is 1.57. The number of carbonyl (C=O) groups is 1. The van der Waals surface area contributed by atoms with Crippen molar-refractivity contribution in [2.24, 2.45) is 0 Å². The van der Waals surface area contributed by atoms with Crippen LogP contribution in [0.1, 0.15) is 29.0 Å². The Morgan fingerprint density at radius 1 is 1.00 bits per heavy atom. The fraction of sp³-hybridized carbons (Fsp3) is 0.258. The lowest BCUT2D eigenvalue weighted by Crippen LogP contribution is -2.31. The molecule has 0 aliphatic rings. The van der Waals surface area contributed by atoms with Crippen LogP contribution >= 0.6 is 0 Å². The van der Waals surface area contributed by atoms with Gasteiger partial charge in [-0.2, -0.15) is 5.10 Å². The number of para-hydroxylation sites is 1. The molecule has 39 heavy (non-hydrogen) atoms. The first kappa shape index (κ1) is 26.0. The molecule has 0 saturated heterocycles. The van der Waals surface area contributed by atoms with Crippen LogP contribution in [0.3, 0.4) is 0 Å². The van der Waals surface area contributed by atoms with Crippen molar-refractivity contribution in [2.45, 2.75) is 39.9 Å². The highest BCUT2D eigenvalue weighted by Crippen LogP contribution is 2.36. The molecule has 3 heterocycles. The summed E-state index contributed by atoms with van der Waals surface area (Å²) < 4.78 is 18.7. The van der Waals surface area contributed by atoms with Gasteiger partial charge in [0.05, 0.1) is 43.9 Å². The van der Waals surface area contributed by atoms with Crippen molar-refractivity contribution in [1.82, 2.24) is 19.7 Å². The van der Waals surface area contributed by atoms with Gasteiger partial charge in [-0.25, -0.2) is 4.98 Å². The Hall–Kier alpha value is -4.59. The number of furan rings is 1. The van der Waals surface area contributed by atoms with Gasteiger partial charge in [0.15, 0.2) is 0 Å². The molecule has 0 N–H and O–H groups in total. The quantitative estimate of drug-likeness (QED) is 0.225. The number of nitrogens with zero attached hydrogens (tertiary/aromatic N) is 4. The van der Waals surface area contributed by atoms with Crippen LogP contribution in [0.4, 0.5) is 0 Å². The molecule has 0 bridgehead atoms. The van der Waals surface area contributed by atoms with Crippen LogP contribution in [0.15, 0.2) is 77.5 Å². The minimum atomic E-state index is -0.00699. The summed E-state index contributed by atoms with van der Waals surface area (Å²) in [4.78, 5) is 20.6. The monoisotopic (exact) mass is 524 g/mol. The molecule has 0 radical (unpaired) electrons. The average molecular weight is 525 g/mol. The molecule has 0 unspecified atom stereocenters. The Bertz CT molecular complexity index is 1590.